The molecule has 0 radical (unpaired) electrons. The van der Waals surface area contributed by atoms with Crippen LogP contribution in [0.2, 0.25) is 0 Å². The Labute approximate surface area is 122 Å². The number of likely N-dealkylation sites (tertiary alicyclic amines) is 1. The van der Waals surface area contributed by atoms with Crippen LogP contribution in [0.5, 0.6) is 0 Å². The molecule has 3 aliphatic heterocycles. The van der Waals surface area contributed by atoms with E-state index in [0.29, 0.717) is 5.92 Å². The minimum absolute atomic E-state index is 0.234. The van der Waals surface area contributed by atoms with Gasteiger partial charge in [-0.1, -0.05) is 6.42 Å². The summed E-state index contributed by atoms with van der Waals surface area (Å²) in [5.41, 5.74) is 0. The average Bonchev–Trinajstić information content (AvgIpc) is 2.98. The topological polar surface area (TPSA) is 35.6 Å². The Hall–Kier alpha value is -0.610. The third kappa shape index (κ3) is 3.17. The van der Waals surface area contributed by atoms with E-state index in [1.165, 1.54) is 45.1 Å². The number of rotatable bonds is 5. The summed E-state index contributed by atoms with van der Waals surface area (Å²) in [7, 11) is 0. The average molecular weight is 279 g/mol. The fourth-order valence-corrected chi connectivity index (χ4v) is 4.39. The summed E-state index contributed by atoms with van der Waals surface area (Å²) in [6, 6.07) is 1.77. The first-order chi connectivity index (χ1) is 9.74. The monoisotopic (exact) mass is 279 g/mol. The third-order valence-electron chi connectivity index (χ3n) is 5.56. The van der Waals surface area contributed by atoms with Gasteiger partial charge < -0.3 is 10.2 Å². The van der Waals surface area contributed by atoms with Crippen LogP contribution < -0.4 is 5.32 Å². The number of carbonyl (C=O) groups is 1. The van der Waals surface area contributed by atoms with Crippen LogP contribution >= 0.6 is 0 Å². The van der Waals surface area contributed by atoms with Crippen molar-refractivity contribution in [2.24, 2.45) is 5.92 Å². The molecule has 4 nitrogen and oxygen atoms in total. The molecular formula is C16H29N3O. The molecule has 0 saturated carbocycles. The van der Waals surface area contributed by atoms with Crippen LogP contribution in [0.3, 0.4) is 0 Å². The number of amides is 1. The van der Waals surface area contributed by atoms with Crippen LogP contribution in [-0.4, -0.2) is 60.5 Å². The van der Waals surface area contributed by atoms with Gasteiger partial charge in [-0.2, -0.15) is 0 Å². The molecule has 0 aromatic rings. The molecule has 1 amide bonds. The van der Waals surface area contributed by atoms with Crippen LogP contribution in [-0.2, 0) is 4.79 Å². The fraction of sp³-hybridized carbons (Fsp3) is 0.938. The van der Waals surface area contributed by atoms with Gasteiger partial charge in [0.15, 0.2) is 0 Å². The molecule has 0 aliphatic carbocycles. The van der Waals surface area contributed by atoms with Crippen LogP contribution in [0, 0.1) is 5.92 Å². The van der Waals surface area contributed by atoms with Gasteiger partial charge in [0.05, 0.1) is 0 Å². The van der Waals surface area contributed by atoms with Crippen molar-refractivity contribution in [3.05, 3.63) is 0 Å². The summed E-state index contributed by atoms with van der Waals surface area (Å²) in [6.07, 6.45) is 8.32. The molecule has 114 valence electrons. The number of piperidine rings is 1. The van der Waals surface area contributed by atoms with Crippen LogP contribution in [0.15, 0.2) is 0 Å². The highest BCUT2D eigenvalue weighted by Gasteiger charge is 2.35. The van der Waals surface area contributed by atoms with E-state index in [1.54, 1.807) is 6.92 Å². The first-order valence-corrected chi connectivity index (χ1v) is 8.46. The van der Waals surface area contributed by atoms with Gasteiger partial charge in [0, 0.05) is 45.2 Å². The lowest BCUT2D eigenvalue weighted by molar-refractivity contribution is -0.127. The van der Waals surface area contributed by atoms with Gasteiger partial charge in [0.2, 0.25) is 5.91 Å². The summed E-state index contributed by atoms with van der Waals surface area (Å²) < 4.78 is 0. The Morgan fingerprint density at radius 1 is 1.15 bits per heavy atom. The maximum absolute atomic E-state index is 11.3. The molecular weight excluding hydrogens is 250 g/mol. The van der Waals surface area contributed by atoms with E-state index in [-0.39, 0.29) is 5.91 Å². The minimum Gasteiger partial charge on any atom is -0.343 e. The van der Waals surface area contributed by atoms with Crippen molar-refractivity contribution in [3.8, 4) is 0 Å². The van der Waals surface area contributed by atoms with Crippen LogP contribution in [0.25, 0.3) is 0 Å². The quantitative estimate of drug-likeness (QED) is 0.774. The highest BCUT2D eigenvalue weighted by Crippen LogP contribution is 2.34. The van der Waals surface area contributed by atoms with Crippen molar-refractivity contribution < 1.29 is 4.79 Å². The predicted octanol–water partition coefficient (Wildman–Crippen LogP) is 1.46. The number of nitrogens with zero attached hydrogens (tertiary/aromatic N) is 2. The zero-order valence-corrected chi connectivity index (χ0v) is 12.8. The van der Waals surface area contributed by atoms with Crippen molar-refractivity contribution in [1.29, 1.82) is 0 Å². The van der Waals surface area contributed by atoms with Gasteiger partial charge in [-0.25, -0.2) is 0 Å². The molecule has 3 aliphatic rings. The summed E-state index contributed by atoms with van der Waals surface area (Å²) in [5.74, 6) is 0.898. The molecule has 4 heteroatoms. The molecule has 1 unspecified atom stereocenters. The summed E-state index contributed by atoms with van der Waals surface area (Å²) in [5, 5.41) is 3.62. The van der Waals surface area contributed by atoms with Crippen molar-refractivity contribution in [1.82, 2.24) is 15.1 Å². The predicted molar refractivity (Wildman–Crippen MR) is 80.6 cm³/mol. The molecule has 3 saturated heterocycles. The van der Waals surface area contributed by atoms with Gasteiger partial charge in [-0.15, -0.1) is 0 Å². The lowest BCUT2D eigenvalue weighted by Crippen LogP contribution is -2.43. The first kappa shape index (κ1) is 14.3. The standard InChI is InChI=1S/C16H29N3O/c1-13(20)18-9-7-14(12-18)11-17-8-10-19-15-3-2-4-16(19)6-5-15/h14-17H,2-12H2,1H3/t14?,15-,16-/m1/s1. The molecule has 0 aromatic heterocycles. The van der Waals surface area contributed by atoms with Crippen molar-refractivity contribution >= 4 is 5.91 Å². The van der Waals surface area contributed by atoms with E-state index in [9.17, 15) is 4.79 Å². The maximum Gasteiger partial charge on any atom is 0.219 e. The normalized spacial score (nSPS) is 33.9. The number of hydrogen-bond donors (Lipinski definition) is 1. The van der Waals surface area contributed by atoms with Crippen LogP contribution in [0.1, 0.15) is 45.4 Å². The van der Waals surface area contributed by atoms with Crippen molar-refractivity contribution in [2.45, 2.75) is 57.5 Å². The van der Waals surface area contributed by atoms with Crippen LogP contribution in [0.4, 0.5) is 0 Å². The molecule has 2 bridgehead atoms. The van der Waals surface area contributed by atoms with E-state index in [1.807, 2.05) is 4.90 Å². The highest BCUT2D eigenvalue weighted by molar-refractivity contribution is 5.73. The Bertz CT molecular complexity index is 331. The highest BCUT2D eigenvalue weighted by atomic mass is 16.2. The minimum atomic E-state index is 0.234. The Balaban J connectivity index is 1.32. The van der Waals surface area contributed by atoms with Gasteiger partial charge in [-0.3, -0.25) is 9.69 Å². The number of fused-ring (bicyclic) bond motifs is 2. The SMILES string of the molecule is CC(=O)N1CCC(CNCCN2[C@@H]3CCC[C@@H]2CC3)C1. The summed E-state index contributed by atoms with van der Waals surface area (Å²) in [4.78, 5) is 16.0. The second kappa shape index (κ2) is 6.44. The molecule has 0 spiro atoms. The maximum atomic E-state index is 11.3. The summed E-state index contributed by atoms with van der Waals surface area (Å²) in [6.45, 7) is 7.01. The zero-order valence-electron chi connectivity index (χ0n) is 12.8. The lowest BCUT2D eigenvalue weighted by atomic mass is 10.0. The number of carbonyl (C=O) groups excluding carboxylic acids is 1. The summed E-state index contributed by atoms with van der Waals surface area (Å²) >= 11 is 0. The van der Waals surface area contributed by atoms with Gasteiger partial charge in [0.25, 0.3) is 0 Å². The van der Waals surface area contributed by atoms with E-state index in [2.05, 4.69) is 10.2 Å². The molecule has 3 atom stereocenters. The van der Waals surface area contributed by atoms with E-state index < -0.39 is 0 Å². The molecule has 1 N–H and O–H groups in total. The lowest BCUT2D eigenvalue weighted by Gasteiger charge is -2.34. The molecule has 20 heavy (non-hydrogen) atoms. The zero-order chi connectivity index (χ0) is 13.9. The van der Waals surface area contributed by atoms with Gasteiger partial charge >= 0.3 is 0 Å². The molecule has 3 rings (SSSR count). The Morgan fingerprint density at radius 3 is 2.55 bits per heavy atom. The molecule has 3 fully saturated rings. The smallest absolute Gasteiger partial charge is 0.219 e. The first-order valence-electron chi connectivity index (χ1n) is 8.46. The molecule has 0 aromatic carbocycles. The fourth-order valence-electron chi connectivity index (χ4n) is 4.39. The van der Waals surface area contributed by atoms with E-state index >= 15 is 0 Å². The van der Waals surface area contributed by atoms with Gasteiger partial charge in [-0.05, 0) is 44.6 Å². The second-order valence-electron chi connectivity index (χ2n) is 6.88. The van der Waals surface area contributed by atoms with Gasteiger partial charge in [0.1, 0.15) is 0 Å². The largest absolute Gasteiger partial charge is 0.343 e. The van der Waals surface area contributed by atoms with E-state index in [0.717, 1.165) is 38.3 Å². The second-order valence-corrected chi connectivity index (χ2v) is 6.88. The van der Waals surface area contributed by atoms with Crippen molar-refractivity contribution in [2.75, 3.05) is 32.7 Å². The van der Waals surface area contributed by atoms with Crippen molar-refractivity contribution in [3.63, 3.8) is 0 Å². The number of nitrogens with one attached hydrogen (secondary N) is 1. The molecule has 3 heterocycles. The number of hydrogen-bond acceptors (Lipinski definition) is 3. The Kier molecular flexibility index (Phi) is 4.61. The van der Waals surface area contributed by atoms with E-state index in [4.69, 9.17) is 0 Å². The third-order valence-corrected chi connectivity index (χ3v) is 5.56. The Morgan fingerprint density at radius 2 is 1.90 bits per heavy atom.